The third kappa shape index (κ3) is 6.48. The Balaban J connectivity index is 2.28. The zero-order valence-electron chi connectivity index (χ0n) is 16.9. The van der Waals surface area contributed by atoms with E-state index in [2.05, 4.69) is 4.74 Å². The Hall–Kier alpha value is -2.59. The van der Waals surface area contributed by atoms with Gasteiger partial charge in [-0.05, 0) is 25.0 Å². The predicted molar refractivity (Wildman–Crippen MR) is 110 cm³/mol. The van der Waals surface area contributed by atoms with E-state index in [1.807, 2.05) is 0 Å². The fourth-order valence-corrected chi connectivity index (χ4v) is 3.29. The van der Waals surface area contributed by atoms with Gasteiger partial charge < -0.3 is 14.6 Å². The maximum absolute atomic E-state index is 13.6. The number of hydrogen-bond donors (Lipinski definition) is 1. The molecule has 180 valence electrons. The van der Waals surface area contributed by atoms with Crippen molar-refractivity contribution in [2.75, 3.05) is 0 Å². The average molecular weight is 517 g/mol. The summed E-state index contributed by atoms with van der Waals surface area (Å²) >= 11 is 11.6. The number of aliphatic carboxylic acids is 1. The van der Waals surface area contributed by atoms with Crippen LogP contribution in [0.25, 0.3) is 5.57 Å². The quantitative estimate of drug-likeness (QED) is 0.295. The SMILES string of the molecule is CC(C)=C(C(=O)O)c1ccccc1COc1cc(Cl)c(OC(F)(F)C(F)C(F)(F)F)c(Cl)c1. The highest BCUT2D eigenvalue weighted by atomic mass is 35.5. The number of benzene rings is 2. The van der Waals surface area contributed by atoms with Crippen molar-refractivity contribution in [3.8, 4) is 11.5 Å². The molecule has 1 N–H and O–H groups in total. The molecule has 0 spiro atoms. The maximum Gasteiger partial charge on any atom is 0.439 e. The molecule has 1 atom stereocenters. The van der Waals surface area contributed by atoms with Gasteiger partial charge in [0.2, 0.25) is 0 Å². The lowest BCUT2D eigenvalue weighted by Crippen LogP contribution is -2.45. The summed E-state index contributed by atoms with van der Waals surface area (Å²) in [6, 6.07) is 8.30. The van der Waals surface area contributed by atoms with Crippen molar-refractivity contribution in [1.82, 2.24) is 0 Å². The lowest BCUT2D eigenvalue weighted by molar-refractivity contribution is -0.304. The Morgan fingerprint density at radius 2 is 1.61 bits per heavy atom. The van der Waals surface area contributed by atoms with E-state index >= 15 is 0 Å². The molecule has 0 aliphatic rings. The van der Waals surface area contributed by atoms with Crippen LogP contribution in [0.3, 0.4) is 0 Å². The van der Waals surface area contributed by atoms with E-state index in [-0.39, 0.29) is 17.9 Å². The summed E-state index contributed by atoms with van der Waals surface area (Å²) in [5, 5.41) is 8.17. The minimum Gasteiger partial charge on any atom is -0.489 e. The molecule has 0 saturated carbocycles. The number of carboxylic acids is 1. The molecule has 33 heavy (non-hydrogen) atoms. The lowest BCUT2D eigenvalue weighted by Gasteiger charge is -2.24. The number of carboxylic acid groups (broad SMARTS) is 1. The first-order valence-corrected chi connectivity index (χ1v) is 9.79. The second-order valence-electron chi connectivity index (χ2n) is 6.91. The number of rotatable bonds is 8. The van der Waals surface area contributed by atoms with Gasteiger partial charge in [0.05, 0.1) is 15.6 Å². The van der Waals surface area contributed by atoms with Crippen LogP contribution in [-0.4, -0.2) is 29.5 Å². The molecule has 2 aromatic carbocycles. The Morgan fingerprint density at radius 3 is 2.09 bits per heavy atom. The summed E-state index contributed by atoms with van der Waals surface area (Å²) in [6.07, 6.45) is -15.8. The number of allylic oxidation sites excluding steroid dienone is 1. The van der Waals surface area contributed by atoms with Crippen LogP contribution in [-0.2, 0) is 11.4 Å². The molecule has 4 nitrogen and oxygen atoms in total. The number of halogens is 8. The first-order valence-electron chi connectivity index (χ1n) is 9.03. The molecular formula is C21H16Cl2F6O4. The van der Waals surface area contributed by atoms with Crippen molar-refractivity contribution in [1.29, 1.82) is 0 Å². The molecule has 0 fully saturated rings. The summed E-state index contributed by atoms with van der Waals surface area (Å²) in [6.45, 7) is 3.05. The maximum atomic E-state index is 13.6. The third-order valence-electron chi connectivity index (χ3n) is 4.19. The Kier molecular flexibility index (Phi) is 8.18. The molecule has 0 amide bonds. The highest BCUT2D eigenvalue weighted by molar-refractivity contribution is 6.37. The molecule has 2 rings (SSSR count). The Morgan fingerprint density at radius 1 is 1.06 bits per heavy atom. The summed E-state index contributed by atoms with van der Waals surface area (Å²) in [5.41, 5.74) is 1.43. The van der Waals surface area contributed by atoms with Gasteiger partial charge in [-0.25, -0.2) is 9.18 Å². The first-order chi connectivity index (χ1) is 15.1. The molecule has 2 aromatic rings. The highest BCUT2D eigenvalue weighted by Gasteiger charge is 2.59. The van der Waals surface area contributed by atoms with Crippen LogP contribution < -0.4 is 9.47 Å². The predicted octanol–water partition coefficient (Wildman–Crippen LogP) is 7.32. The number of hydrogen-bond acceptors (Lipinski definition) is 3. The molecular weight excluding hydrogens is 501 g/mol. The fourth-order valence-electron chi connectivity index (χ4n) is 2.75. The van der Waals surface area contributed by atoms with Gasteiger partial charge in [0, 0.05) is 12.1 Å². The summed E-state index contributed by atoms with van der Waals surface area (Å²) in [4.78, 5) is 11.6. The Bertz CT molecular complexity index is 1040. The van der Waals surface area contributed by atoms with Gasteiger partial charge in [0.1, 0.15) is 12.4 Å². The van der Waals surface area contributed by atoms with Gasteiger partial charge in [-0.3, -0.25) is 0 Å². The number of alkyl halides is 6. The molecule has 0 bridgehead atoms. The molecule has 0 aliphatic carbocycles. The summed E-state index contributed by atoms with van der Waals surface area (Å²) in [5.74, 6) is -2.31. The van der Waals surface area contributed by atoms with Crippen LogP contribution in [0, 0.1) is 0 Å². The third-order valence-corrected chi connectivity index (χ3v) is 4.75. The monoisotopic (exact) mass is 516 g/mol. The van der Waals surface area contributed by atoms with Crippen LogP contribution in [0.1, 0.15) is 25.0 Å². The van der Waals surface area contributed by atoms with E-state index in [0.717, 1.165) is 12.1 Å². The molecule has 0 aromatic heterocycles. The smallest absolute Gasteiger partial charge is 0.439 e. The lowest BCUT2D eigenvalue weighted by atomic mass is 9.97. The molecule has 0 heterocycles. The fraction of sp³-hybridized carbons (Fsp3) is 0.286. The van der Waals surface area contributed by atoms with Crippen molar-refractivity contribution in [2.24, 2.45) is 0 Å². The molecule has 1 unspecified atom stereocenters. The van der Waals surface area contributed by atoms with Gasteiger partial charge in [0.25, 0.3) is 6.17 Å². The van der Waals surface area contributed by atoms with Gasteiger partial charge in [-0.2, -0.15) is 22.0 Å². The van der Waals surface area contributed by atoms with Crippen molar-refractivity contribution >= 4 is 34.7 Å². The van der Waals surface area contributed by atoms with Crippen LogP contribution in [0.2, 0.25) is 10.0 Å². The molecule has 12 heteroatoms. The van der Waals surface area contributed by atoms with E-state index < -0.39 is 40.2 Å². The summed E-state index contributed by atoms with van der Waals surface area (Å²) < 4.78 is 86.5. The Labute approximate surface area is 194 Å². The zero-order valence-corrected chi connectivity index (χ0v) is 18.5. The highest BCUT2D eigenvalue weighted by Crippen LogP contribution is 2.43. The number of ether oxygens (including phenoxy) is 2. The zero-order chi connectivity index (χ0) is 25.1. The molecule has 0 saturated heterocycles. The minimum absolute atomic E-state index is 0.0571. The van der Waals surface area contributed by atoms with Crippen LogP contribution in [0.15, 0.2) is 42.0 Å². The average Bonchev–Trinajstić information content (AvgIpc) is 2.68. The van der Waals surface area contributed by atoms with Gasteiger partial charge in [-0.1, -0.05) is 53.0 Å². The van der Waals surface area contributed by atoms with Crippen LogP contribution in [0.4, 0.5) is 26.3 Å². The van der Waals surface area contributed by atoms with E-state index in [0.29, 0.717) is 16.7 Å². The van der Waals surface area contributed by atoms with E-state index in [1.54, 1.807) is 38.1 Å². The van der Waals surface area contributed by atoms with Gasteiger partial charge >= 0.3 is 18.3 Å². The van der Waals surface area contributed by atoms with Crippen LogP contribution in [0.5, 0.6) is 11.5 Å². The van der Waals surface area contributed by atoms with Crippen molar-refractivity contribution in [2.45, 2.75) is 38.9 Å². The van der Waals surface area contributed by atoms with Gasteiger partial charge in [-0.15, -0.1) is 0 Å². The normalized spacial score (nSPS) is 12.8. The topological polar surface area (TPSA) is 55.8 Å². The largest absolute Gasteiger partial charge is 0.489 e. The van der Waals surface area contributed by atoms with E-state index in [9.17, 15) is 36.2 Å². The van der Waals surface area contributed by atoms with E-state index in [4.69, 9.17) is 27.9 Å². The second kappa shape index (κ2) is 10.1. The standard InChI is InChI=1S/C21H16Cl2F6O4/c1-10(2)16(18(30)31)13-6-4-3-5-11(13)9-32-12-7-14(22)17(15(23)8-12)33-21(28,29)19(24)20(25,26)27/h3-8,19H,9H2,1-2H3,(H,30,31). The van der Waals surface area contributed by atoms with Crippen molar-refractivity contribution in [3.63, 3.8) is 0 Å². The van der Waals surface area contributed by atoms with E-state index in [1.165, 1.54) is 0 Å². The summed E-state index contributed by atoms with van der Waals surface area (Å²) in [7, 11) is 0. The molecule has 0 aliphatic heterocycles. The number of carbonyl (C=O) groups is 1. The molecule has 0 radical (unpaired) electrons. The minimum atomic E-state index is -5.88. The van der Waals surface area contributed by atoms with Gasteiger partial charge in [0.15, 0.2) is 5.75 Å². The van der Waals surface area contributed by atoms with Crippen molar-refractivity contribution < 1.29 is 45.7 Å². The second-order valence-corrected chi connectivity index (χ2v) is 7.72. The first kappa shape index (κ1) is 26.7. The van der Waals surface area contributed by atoms with Crippen LogP contribution >= 0.6 is 23.2 Å². The van der Waals surface area contributed by atoms with Crippen molar-refractivity contribution in [3.05, 3.63) is 63.1 Å².